The van der Waals surface area contributed by atoms with Crippen LogP contribution in [0.5, 0.6) is 0 Å². The normalized spacial score (nSPS) is 22.5. The summed E-state index contributed by atoms with van der Waals surface area (Å²) < 4.78 is 11.4. The van der Waals surface area contributed by atoms with Crippen molar-refractivity contribution in [2.75, 3.05) is 13.2 Å². The van der Waals surface area contributed by atoms with Crippen LogP contribution in [0.3, 0.4) is 0 Å². The van der Waals surface area contributed by atoms with E-state index in [0.29, 0.717) is 12.1 Å². The van der Waals surface area contributed by atoms with E-state index in [4.69, 9.17) is 9.15 Å². The summed E-state index contributed by atoms with van der Waals surface area (Å²) in [6.07, 6.45) is 3.79. The summed E-state index contributed by atoms with van der Waals surface area (Å²) in [7, 11) is 0. The Labute approximate surface area is 97.2 Å². The molecular formula is C13H21NO2. The minimum atomic E-state index is 0.293. The van der Waals surface area contributed by atoms with Crippen LogP contribution in [0.25, 0.3) is 0 Å². The summed E-state index contributed by atoms with van der Waals surface area (Å²) in [5.74, 6) is 2.01. The Morgan fingerprint density at radius 3 is 2.94 bits per heavy atom. The van der Waals surface area contributed by atoms with E-state index in [1.165, 1.54) is 12.8 Å². The monoisotopic (exact) mass is 223 g/mol. The summed E-state index contributed by atoms with van der Waals surface area (Å²) in [4.78, 5) is 0. The van der Waals surface area contributed by atoms with Crippen LogP contribution < -0.4 is 5.32 Å². The van der Waals surface area contributed by atoms with Gasteiger partial charge in [-0.05, 0) is 44.9 Å². The molecule has 0 radical (unpaired) electrons. The number of nitrogens with one attached hydrogen (secondary N) is 1. The lowest BCUT2D eigenvalue weighted by Gasteiger charge is -2.19. The summed E-state index contributed by atoms with van der Waals surface area (Å²) >= 11 is 0. The highest BCUT2D eigenvalue weighted by Crippen LogP contribution is 2.26. The van der Waals surface area contributed by atoms with Crippen molar-refractivity contribution < 1.29 is 9.15 Å². The van der Waals surface area contributed by atoms with Crippen LogP contribution >= 0.6 is 0 Å². The predicted molar refractivity (Wildman–Crippen MR) is 63.5 cm³/mol. The van der Waals surface area contributed by atoms with E-state index in [1.54, 1.807) is 0 Å². The molecule has 1 aliphatic rings. The molecule has 2 atom stereocenters. The molecule has 0 aromatic carbocycles. The van der Waals surface area contributed by atoms with Crippen LogP contribution in [0.2, 0.25) is 0 Å². The second-order valence-corrected chi connectivity index (χ2v) is 4.43. The van der Waals surface area contributed by atoms with Gasteiger partial charge in [0.15, 0.2) is 0 Å². The van der Waals surface area contributed by atoms with Gasteiger partial charge in [-0.2, -0.15) is 0 Å². The van der Waals surface area contributed by atoms with Gasteiger partial charge < -0.3 is 14.5 Å². The van der Waals surface area contributed by atoms with Gasteiger partial charge in [0, 0.05) is 6.61 Å². The Balaban J connectivity index is 1.98. The maximum Gasteiger partial charge on any atom is 0.121 e. The maximum absolute atomic E-state index is 5.69. The lowest BCUT2D eigenvalue weighted by Crippen LogP contribution is -2.24. The summed E-state index contributed by atoms with van der Waals surface area (Å²) in [6, 6.07) is 4.38. The summed E-state index contributed by atoms with van der Waals surface area (Å²) in [6.45, 7) is 5.98. The number of rotatable bonds is 5. The van der Waals surface area contributed by atoms with E-state index in [0.717, 1.165) is 31.1 Å². The quantitative estimate of drug-likeness (QED) is 0.833. The second-order valence-electron chi connectivity index (χ2n) is 4.43. The molecule has 0 bridgehead atoms. The van der Waals surface area contributed by atoms with Crippen LogP contribution in [0, 0.1) is 6.92 Å². The average Bonchev–Trinajstić information content (AvgIpc) is 2.88. The Morgan fingerprint density at radius 2 is 2.38 bits per heavy atom. The Hall–Kier alpha value is -0.800. The number of aryl methyl sites for hydroxylation is 1. The van der Waals surface area contributed by atoms with Gasteiger partial charge in [0.25, 0.3) is 0 Å². The van der Waals surface area contributed by atoms with Gasteiger partial charge >= 0.3 is 0 Å². The highest BCUT2D eigenvalue weighted by Gasteiger charge is 2.23. The van der Waals surface area contributed by atoms with E-state index < -0.39 is 0 Å². The maximum atomic E-state index is 5.69. The van der Waals surface area contributed by atoms with E-state index in [2.05, 4.69) is 18.3 Å². The summed E-state index contributed by atoms with van der Waals surface area (Å²) in [5.41, 5.74) is 0. The highest BCUT2D eigenvalue weighted by molar-refractivity contribution is 5.10. The number of hydrogen-bond acceptors (Lipinski definition) is 3. The summed E-state index contributed by atoms with van der Waals surface area (Å²) in [5, 5.41) is 3.47. The molecule has 1 aromatic rings. The van der Waals surface area contributed by atoms with Gasteiger partial charge in [0.1, 0.15) is 11.5 Å². The van der Waals surface area contributed by atoms with Gasteiger partial charge in [-0.1, -0.05) is 6.92 Å². The molecule has 2 rings (SSSR count). The number of ether oxygens (including phenoxy) is 1. The van der Waals surface area contributed by atoms with Crippen LogP contribution in [0.15, 0.2) is 16.5 Å². The zero-order valence-electron chi connectivity index (χ0n) is 10.2. The Morgan fingerprint density at radius 1 is 1.50 bits per heavy atom. The molecule has 0 spiro atoms. The van der Waals surface area contributed by atoms with Crippen LogP contribution in [-0.2, 0) is 4.74 Å². The van der Waals surface area contributed by atoms with E-state index in [1.807, 2.05) is 13.0 Å². The van der Waals surface area contributed by atoms with Crippen LogP contribution in [0.1, 0.15) is 43.7 Å². The Kier molecular flexibility index (Phi) is 4.02. The van der Waals surface area contributed by atoms with E-state index in [-0.39, 0.29) is 0 Å². The molecule has 1 N–H and O–H groups in total. The molecular weight excluding hydrogens is 202 g/mol. The zero-order valence-corrected chi connectivity index (χ0v) is 10.2. The molecule has 3 heteroatoms. The third-order valence-corrected chi connectivity index (χ3v) is 3.08. The lowest BCUT2D eigenvalue weighted by molar-refractivity contribution is 0.0921. The van der Waals surface area contributed by atoms with Gasteiger partial charge in [0.05, 0.1) is 12.1 Å². The van der Waals surface area contributed by atoms with Crippen molar-refractivity contribution in [1.29, 1.82) is 0 Å². The second kappa shape index (κ2) is 5.51. The number of furan rings is 1. The molecule has 1 aliphatic heterocycles. The SMILES string of the molecule is CCNC(CC1CCCO1)c1ccc(C)o1. The van der Waals surface area contributed by atoms with Gasteiger partial charge in [-0.25, -0.2) is 0 Å². The fourth-order valence-corrected chi connectivity index (χ4v) is 2.28. The van der Waals surface area contributed by atoms with Crippen molar-refractivity contribution in [3.63, 3.8) is 0 Å². The number of hydrogen-bond donors (Lipinski definition) is 1. The fourth-order valence-electron chi connectivity index (χ4n) is 2.28. The Bertz CT molecular complexity index is 315. The first kappa shape index (κ1) is 11.7. The average molecular weight is 223 g/mol. The lowest BCUT2D eigenvalue weighted by atomic mass is 10.0. The molecule has 90 valence electrons. The van der Waals surface area contributed by atoms with Crippen LogP contribution in [-0.4, -0.2) is 19.3 Å². The van der Waals surface area contributed by atoms with E-state index in [9.17, 15) is 0 Å². The highest BCUT2D eigenvalue weighted by atomic mass is 16.5. The fraction of sp³-hybridized carbons (Fsp3) is 0.692. The molecule has 0 saturated carbocycles. The molecule has 0 amide bonds. The molecule has 1 aromatic heterocycles. The smallest absolute Gasteiger partial charge is 0.121 e. The van der Waals surface area contributed by atoms with Crippen molar-refractivity contribution in [1.82, 2.24) is 5.32 Å². The standard InChI is InChI=1S/C13H21NO2/c1-3-14-12(9-11-5-4-8-15-11)13-7-6-10(2)16-13/h6-7,11-12,14H,3-5,8-9H2,1-2H3. The zero-order chi connectivity index (χ0) is 11.4. The van der Waals surface area contributed by atoms with Crippen molar-refractivity contribution >= 4 is 0 Å². The van der Waals surface area contributed by atoms with Crippen molar-refractivity contribution in [2.24, 2.45) is 0 Å². The molecule has 2 unspecified atom stereocenters. The van der Waals surface area contributed by atoms with E-state index >= 15 is 0 Å². The predicted octanol–water partition coefficient (Wildman–Crippen LogP) is 2.81. The minimum absolute atomic E-state index is 0.293. The first-order valence-corrected chi connectivity index (χ1v) is 6.21. The van der Waals surface area contributed by atoms with Crippen molar-refractivity contribution in [2.45, 2.75) is 45.3 Å². The van der Waals surface area contributed by atoms with Gasteiger partial charge in [-0.15, -0.1) is 0 Å². The molecule has 16 heavy (non-hydrogen) atoms. The third-order valence-electron chi connectivity index (χ3n) is 3.08. The van der Waals surface area contributed by atoms with Crippen molar-refractivity contribution in [3.8, 4) is 0 Å². The molecule has 1 saturated heterocycles. The topological polar surface area (TPSA) is 34.4 Å². The van der Waals surface area contributed by atoms with Gasteiger partial charge in [0.2, 0.25) is 0 Å². The first-order chi connectivity index (χ1) is 7.79. The first-order valence-electron chi connectivity index (χ1n) is 6.21. The van der Waals surface area contributed by atoms with Crippen molar-refractivity contribution in [3.05, 3.63) is 23.7 Å². The third kappa shape index (κ3) is 2.86. The molecule has 2 heterocycles. The van der Waals surface area contributed by atoms with Crippen LogP contribution in [0.4, 0.5) is 0 Å². The molecule has 0 aliphatic carbocycles. The molecule has 1 fully saturated rings. The largest absolute Gasteiger partial charge is 0.465 e. The minimum Gasteiger partial charge on any atom is -0.465 e. The molecule has 3 nitrogen and oxygen atoms in total. The van der Waals surface area contributed by atoms with Gasteiger partial charge in [-0.3, -0.25) is 0 Å².